The predicted molar refractivity (Wildman–Crippen MR) is 55.6 cm³/mol. The van der Waals surface area contributed by atoms with Gasteiger partial charge in [-0.1, -0.05) is 0 Å². The number of nitrogens with one attached hydrogen (secondary N) is 1. The number of amides is 1. The summed E-state index contributed by atoms with van der Waals surface area (Å²) in [6.45, 7) is 2.31. The molecule has 0 aliphatic rings. The second-order valence-corrected chi connectivity index (χ2v) is 4.34. The van der Waals surface area contributed by atoms with Crippen molar-refractivity contribution in [3.8, 4) is 0 Å². The third-order valence-electron chi connectivity index (χ3n) is 1.69. The van der Waals surface area contributed by atoms with E-state index in [0.29, 0.717) is 6.54 Å². The number of hydrogen-bond donors (Lipinski definition) is 2. The molecule has 0 aliphatic heterocycles. The van der Waals surface area contributed by atoms with Crippen LogP contribution in [0.4, 0.5) is 0 Å². The second-order valence-electron chi connectivity index (χ2n) is 3.02. The zero-order valence-corrected chi connectivity index (χ0v) is 9.13. The van der Waals surface area contributed by atoms with Gasteiger partial charge in [-0.15, -0.1) is 11.3 Å². The SMILES string of the molecule is Cc1ncc(CNC(=O)CCC(=O)O)s1. The van der Waals surface area contributed by atoms with Crippen LogP contribution in [0.1, 0.15) is 22.7 Å². The summed E-state index contributed by atoms with van der Waals surface area (Å²) in [6.07, 6.45) is 1.60. The molecule has 0 radical (unpaired) electrons. The number of carboxylic acid groups (broad SMARTS) is 1. The lowest BCUT2D eigenvalue weighted by Gasteiger charge is -2.00. The number of hydrogen-bond acceptors (Lipinski definition) is 4. The minimum atomic E-state index is -0.959. The summed E-state index contributed by atoms with van der Waals surface area (Å²) in [5.41, 5.74) is 0. The van der Waals surface area contributed by atoms with Crippen LogP contribution < -0.4 is 5.32 Å². The van der Waals surface area contributed by atoms with Crippen LogP contribution in [0.25, 0.3) is 0 Å². The van der Waals surface area contributed by atoms with Gasteiger partial charge in [0.1, 0.15) is 0 Å². The van der Waals surface area contributed by atoms with Gasteiger partial charge in [0.15, 0.2) is 0 Å². The van der Waals surface area contributed by atoms with Crippen molar-refractivity contribution in [3.63, 3.8) is 0 Å². The lowest BCUT2D eigenvalue weighted by atomic mass is 10.3. The Morgan fingerprint density at radius 2 is 2.27 bits per heavy atom. The van der Waals surface area contributed by atoms with E-state index in [4.69, 9.17) is 5.11 Å². The van der Waals surface area contributed by atoms with Gasteiger partial charge in [-0.05, 0) is 6.92 Å². The van der Waals surface area contributed by atoms with E-state index in [1.54, 1.807) is 6.20 Å². The van der Waals surface area contributed by atoms with Crippen molar-refractivity contribution in [2.75, 3.05) is 0 Å². The molecule has 0 aliphatic carbocycles. The van der Waals surface area contributed by atoms with E-state index in [9.17, 15) is 9.59 Å². The third kappa shape index (κ3) is 4.55. The minimum Gasteiger partial charge on any atom is -0.481 e. The molecule has 0 fully saturated rings. The molecule has 1 rings (SSSR count). The maximum absolute atomic E-state index is 11.1. The van der Waals surface area contributed by atoms with Crippen LogP contribution in [0, 0.1) is 6.92 Å². The zero-order chi connectivity index (χ0) is 11.3. The molecule has 82 valence electrons. The maximum atomic E-state index is 11.1. The van der Waals surface area contributed by atoms with Crippen molar-refractivity contribution >= 4 is 23.2 Å². The molecular formula is C9H12N2O3S. The number of aliphatic carboxylic acids is 1. The van der Waals surface area contributed by atoms with E-state index in [-0.39, 0.29) is 18.7 Å². The van der Waals surface area contributed by atoms with E-state index >= 15 is 0 Å². The summed E-state index contributed by atoms with van der Waals surface area (Å²) in [5, 5.41) is 11.9. The van der Waals surface area contributed by atoms with Crippen molar-refractivity contribution in [1.82, 2.24) is 10.3 Å². The Morgan fingerprint density at radius 3 is 2.80 bits per heavy atom. The second kappa shape index (κ2) is 5.45. The average Bonchev–Trinajstić information content (AvgIpc) is 2.58. The Hall–Kier alpha value is -1.43. The molecule has 6 heteroatoms. The van der Waals surface area contributed by atoms with Crippen LogP contribution in [0.15, 0.2) is 6.20 Å². The van der Waals surface area contributed by atoms with Gasteiger partial charge in [0.05, 0.1) is 18.0 Å². The van der Waals surface area contributed by atoms with Crippen molar-refractivity contribution < 1.29 is 14.7 Å². The number of rotatable bonds is 5. The summed E-state index contributed by atoms with van der Waals surface area (Å²) >= 11 is 1.51. The van der Waals surface area contributed by atoms with E-state index < -0.39 is 5.97 Å². The normalized spacial score (nSPS) is 9.93. The van der Waals surface area contributed by atoms with Crippen LogP contribution in [-0.2, 0) is 16.1 Å². The first kappa shape index (κ1) is 11.6. The number of carbonyl (C=O) groups excluding carboxylic acids is 1. The Kier molecular flexibility index (Phi) is 4.23. The summed E-state index contributed by atoms with van der Waals surface area (Å²) in [7, 11) is 0. The first-order chi connectivity index (χ1) is 7.08. The summed E-state index contributed by atoms with van der Waals surface area (Å²) in [6, 6.07) is 0. The molecule has 0 saturated heterocycles. The Labute approximate surface area is 91.1 Å². The molecule has 0 saturated carbocycles. The first-order valence-electron chi connectivity index (χ1n) is 4.47. The molecule has 1 aromatic rings. The lowest BCUT2D eigenvalue weighted by Crippen LogP contribution is -2.22. The fourth-order valence-corrected chi connectivity index (χ4v) is 1.72. The highest BCUT2D eigenvalue weighted by Crippen LogP contribution is 2.10. The van der Waals surface area contributed by atoms with E-state index in [0.717, 1.165) is 9.88 Å². The van der Waals surface area contributed by atoms with Crippen molar-refractivity contribution in [2.24, 2.45) is 0 Å². The molecule has 1 heterocycles. The van der Waals surface area contributed by atoms with Gasteiger partial charge in [-0.3, -0.25) is 9.59 Å². The molecule has 0 bridgehead atoms. The van der Waals surface area contributed by atoms with Crippen molar-refractivity contribution in [1.29, 1.82) is 0 Å². The topological polar surface area (TPSA) is 79.3 Å². The molecule has 15 heavy (non-hydrogen) atoms. The highest BCUT2D eigenvalue weighted by Gasteiger charge is 2.05. The summed E-state index contributed by atoms with van der Waals surface area (Å²) in [4.78, 5) is 26.3. The molecule has 0 unspecified atom stereocenters. The van der Waals surface area contributed by atoms with Crippen molar-refractivity contribution in [2.45, 2.75) is 26.3 Å². The fraction of sp³-hybridized carbons (Fsp3) is 0.444. The van der Waals surface area contributed by atoms with Gasteiger partial charge >= 0.3 is 5.97 Å². The number of aromatic nitrogens is 1. The molecule has 1 aromatic heterocycles. The highest BCUT2D eigenvalue weighted by molar-refractivity contribution is 7.11. The van der Waals surface area contributed by atoms with Crippen LogP contribution in [0.5, 0.6) is 0 Å². The molecule has 0 aromatic carbocycles. The van der Waals surface area contributed by atoms with Gasteiger partial charge < -0.3 is 10.4 Å². The Bertz CT molecular complexity index is 362. The lowest BCUT2D eigenvalue weighted by molar-refractivity contribution is -0.138. The molecule has 5 nitrogen and oxygen atoms in total. The van der Waals surface area contributed by atoms with E-state index in [1.165, 1.54) is 11.3 Å². The van der Waals surface area contributed by atoms with E-state index in [2.05, 4.69) is 10.3 Å². The number of nitrogens with zero attached hydrogens (tertiary/aromatic N) is 1. The Morgan fingerprint density at radius 1 is 1.53 bits per heavy atom. The molecule has 2 N–H and O–H groups in total. The van der Waals surface area contributed by atoms with Crippen LogP contribution in [0.3, 0.4) is 0 Å². The standard InChI is InChI=1S/C9H12N2O3S/c1-6-10-4-7(15-6)5-11-8(12)2-3-9(13)14/h4H,2-3,5H2,1H3,(H,11,12)(H,13,14). The summed E-state index contributed by atoms with van der Waals surface area (Å²) in [5.74, 6) is -1.21. The smallest absolute Gasteiger partial charge is 0.303 e. The van der Waals surface area contributed by atoms with Crippen LogP contribution in [0.2, 0.25) is 0 Å². The molecule has 0 atom stereocenters. The van der Waals surface area contributed by atoms with Gasteiger partial charge in [0.25, 0.3) is 0 Å². The quantitative estimate of drug-likeness (QED) is 0.785. The Balaban J connectivity index is 2.25. The maximum Gasteiger partial charge on any atom is 0.303 e. The highest BCUT2D eigenvalue weighted by atomic mass is 32.1. The van der Waals surface area contributed by atoms with Gasteiger partial charge in [0.2, 0.25) is 5.91 Å². The van der Waals surface area contributed by atoms with Gasteiger partial charge in [0, 0.05) is 17.5 Å². The molecular weight excluding hydrogens is 216 g/mol. The molecule has 0 spiro atoms. The van der Waals surface area contributed by atoms with Gasteiger partial charge in [-0.25, -0.2) is 4.98 Å². The number of carbonyl (C=O) groups is 2. The van der Waals surface area contributed by atoms with Crippen molar-refractivity contribution in [3.05, 3.63) is 16.1 Å². The average molecular weight is 228 g/mol. The number of aryl methyl sites for hydroxylation is 1. The van der Waals surface area contributed by atoms with Crippen LogP contribution >= 0.6 is 11.3 Å². The number of thiazole rings is 1. The third-order valence-corrected chi connectivity index (χ3v) is 2.61. The first-order valence-corrected chi connectivity index (χ1v) is 5.29. The minimum absolute atomic E-state index is 0.0210. The number of carboxylic acids is 1. The fourth-order valence-electron chi connectivity index (χ4n) is 0.982. The van der Waals surface area contributed by atoms with Gasteiger partial charge in [-0.2, -0.15) is 0 Å². The zero-order valence-electron chi connectivity index (χ0n) is 8.32. The van der Waals surface area contributed by atoms with Crippen LogP contribution in [-0.4, -0.2) is 22.0 Å². The summed E-state index contributed by atoms with van der Waals surface area (Å²) < 4.78 is 0. The predicted octanol–water partition coefficient (Wildman–Crippen LogP) is 0.933. The largest absolute Gasteiger partial charge is 0.481 e. The van der Waals surface area contributed by atoms with E-state index in [1.807, 2.05) is 6.92 Å². The molecule has 1 amide bonds. The monoisotopic (exact) mass is 228 g/mol.